The normalized spacial score (nSPS) is 11.4. The largest absolute Gasteiger partial charge is 0.321 e. The van der Waals surface area contributed by atoms with Crippen LogP contribution in [-0.2, 0) is 11.9 Å². The van der Waals surface area contributed by atoms with Crippen molar-refractivity contribution >= 4 is 11.6 Å². The topological polar surface area (TPSA) is 82.2 Å². The zero-order chi connectivity index (χ0) is 22.3. The second-order valence-electron chi connectivity index (χ2n) is 7.10. The van der Waals surface area contributed by atoms with Crippen molar-refractivity contribution in [1.82, 2.24) is 9.78 Å². The van der Waals surface area contributed by atoms with Crippen molar-refractivity contribution in [3.63, 3.8) is 0 Å². The van der Waals surface area contributed by atoms with Crippen LogP contribution in [0.3, 0.4) is 0 Å². The molecule has 6 nitrogen and oxygen atoms in total. The van der Waals surface area contributed by atoms with Crippen molar-refractivity contribution in [2.75, 3.05) is 5.32 Å². The third-order valence-electron chi connectivity index (χ3n) is 4.72. The van der Waals surface area contributed by atoms with E-state index >= 15 is 0 Å². The van der Waals surface area contributed by atoms with Gasteiger partial charge >= 0.3 is 0 Å². The first kappa shape index (κ1) is 23.3. The molecule has 1 amide bonds. The lowest BCUT2D eigenvalue weighted by Gasteiger charge is -2.11. The smallest absolute Gasteiger partial charge is 0.262 e. The van der Waals surface area contributed by atoms with Crippen LogP contribution >= 0.6 is 0 Å². The molecule has 3 N–H and O–H groups in total. The quantitative estimate of drug-likeness (QED) is 0.592. The molecule has 1 unspecified atom stereocenters. The number of rotatable bonds is 5. The summed E-state index contributed by atoms with van der Waals surface area (Å²) in [6.07, 6.45) is 1.20. The molecule has 0 aliphatic carbocycles. The number of anilines is 1. The second kappa shape index (κ2) is 10.7. The summed E-state index contributed by atoms with van der Waals surface area (Å²) in [6.45, 7) is 7.59. The van der Waals surface area contributed by atoms with Crippen LogP contribution in [0, 0.1) is 19.8 Å². The number of benzene rings is 2. The molecule has 0 saturated carbocycles. The summed E-state index contributed by atoms with van der Waals surface area (Å²) >= 11 is 0. The van der Waals surface area contributed by atoms with Gasteiger partial charge in [-0.15, -0.1) is 0 Å². The number of aromatic nitrogens is 2. The Morgan fingerprint density at radius 2 is 1.83 bits per heavy atom. The molecule has 0 fully saturated rings. The van der Waals surface area contributed by atoms with E-state index < -0.39 is 11.9 Å². The van der Waals surface area contributed by atoms with Crippen LogP contribution in [0.1, 0.15) is 41.9 Å². The standard InChI is InChI=1S/C19H18FN3O.C4H11NO/c1-12-8-10-14(11-9-12)15-6-4-5-7-16(15)21-19(24)17-13(2)22-23(3)18(17)20;1-3-4(2)6-5/h4-11H,1-3H3,(H,21,24);4H,3,5H2,1-2H3. The fourth-order valence-corrected chi connectivity index (χ4v) is 2.75. The van der Waals surface area contributed by atoms with Gasteiger partial charge in [0.05, 0.1) is 11.8 Å². The number of hydrogen-bond donors (Lipinski definition) is 2. The van der Waals surface area contributed by atoms with Gasteiger partial charge in [-0.3, -0.25) is 4.79 Å². The molecule has 0 saturated heterocycles. The van der Waals surface area contributed by atoms with Gasteiger partial charge in [0.1, 0.15) is 5.56 Å². The first-order valence-electron chi connectivity index (χ1n) is 9.80. The van der Waals surface area contributed by atoms with E-state index in [-0.39, 0.29) is 11.7 Å². The first-order chi connectivity index (χ1) is 14.3. The van der Waals surface area contributed by atoms with Crippen molar-refractivity contribution in [2.45, 2.75) is 40.2 Å². The van der Waals surface area contributed by atoms with E-state index in [9.17, 15) is 9.18 Å². The summed E-state index contributed by atoms with van der Waals surface area (Å²) in [5.41, 5.74) is 3.99. The van der Waals surface area contributed by atoms with Crippen LogP contribution in [0.15, 0.2) is 48.5 Å². The molecular formula is C23H29FN4O2. The van der Waals surface area contributed by atoms with E-state index in [0.717, 1.165) is 27.8 Å². The number of aryl methyl sites for hydroxylation is 3. The molecule has 160 valence electrons. The highest BCUT2D eigenvalue weighted by Gasteiger charge is 2.21. The zero-order valence-electron chi connectivity index (χ0n) is 18.1. The minimum Gasteiger partial charge on any atom is -0.321 e. The summed E-state index contributed by atoms with van der Waals surface area (Å²) in [5.74, 6) is 3.64. The van der Waals surface area contributed by atoms with E-state index in [2.05, 4.69) is 15.3 Å². The molecule has 0 aliphatic heterocycles. The number of halogens is 1. The van der Waals surface area contributed by atoms with E-state index in [1.54, 1.807) is 13.0 Å². The molecule has 1 aromatic heterocycles. The molecule has 0 aliphatic rings. The third kappa shape index (κ3) is 5.75. The van der Waals surface area contributed by atoms with Crippen LogP contribution in [0.5, 0.6) is 0 Å². The Morgan fingerprint density at radius 1 is 1.20 bits per heavy atom. The van der Waals surface area contributed by atoms with Gasteiger partial charge < -0.3 is 10.2 Å². The lowest BCUT2D eigenvalue weighted by atomic mass is 10.0. The minimum absolute atomic E-state index is 0.0313. The highest BCUT2D eigenvalue weighted by molar-refractivity contribution is 6.07. The minimum atomic E-state index is -0.641. The van der Waals surface area contributed by atoms with Gasteiger partial charge in [-0.05, 0) is 38.8 Å². The van der Waals surface area contributed by atoms with Crippen LogP contribution < -0.4 is 11.2 Å². The molecule has 3 aromatic rings. The van der Waals surface area contributed by atoms with Gasteiger partial charge in [0.2, 0.25) is 5.95 Å². The third-order valence-corrected chi connectivity index (χ3v) is 4.72. The summed E-state index contributed by atoms with van der Waals surface area (Å²) in [6, 6.07) is 15.5. The molecule has 1 heterocycles. The van der Waals surface area contributed by atoms with Gasteiger partial charge in [0.15, 0.2) is 0 Å². The molecule has 2 aromatic carbocycles. The average molecular weight is 413 g/mol. The van der Waals surface area contributed by atoms with E-state index in [0.29, 0.717) is 11.4 Å². The maximum absolute atomic E-state index is 14.1. The number of nitrogens with zero attached hydrogens (tertiary/aromatic N) is 2. The van der Waals surface area contributed by atoms with E-state index in [1.807, 2.05) is 63.2 Å². The monoisotopic (exact) mass is 412 g/mol. The number of hydrogen-bond acceptors (Lipinski definition) is 4. The van der Waals surface area contributed by atoms with Crippen LogP contribution in [0.2, 0.25) is 0 Å². The molecule has 7 heteroatoms. The predicted octanol–water partition coefficient (Wildman–Crippen LogP) is 4.77. The fourth-order valence-electron chi connectivity index (χ4n) is 2.75. The lowest BCUT2D eigenvalue weighted by Crippen LogP contribution is -2.15. The van der Waals surface area contributed by atoms with Crippen molar-refractivity contribution in [3.05, 3.63) is 71.3 Å². The summed E-state index contributed by atoms with van der Waals surface area (Å²) in [4.78, 5) is 16.9. The number of nitrogens with two attached hydrogens (primary N) is 1. The maximum Gasteiger partial charge on any atom is 0.262 e. The molecule has 0 bridgehead atoms. The predicted molar refractivity (Wildman–Crippen MR) is 117 cm³/mol. The lowest BCUT2D eigenvalue weighted by molar-refractivity contribution is 0.0642. The van der Waals surface area contributed by atoms with Crippen molar-refractivity contribution < 1.29 is 14.0 Å². The SMILES string of the molecule is CCC(C)ON.Cc1ccc(-c2ccccc2NC(=O)c2c(C)nn(C)c2F)cc1. The number of para-hydroxylation sites is 1. The molecule has 3 rings (SSSR count). The molecule has 30 heavy (non-hydrogen) atoms. The Labute approximate surface area is 176 Å². The highest BCUT2D eigenvalue weighted by Crippen LogP contribution is 2.28. The van der Waals surface area contributed by atoms with Gasteiger partial charge in [-0.1, -0.05) is 55.0 Å². The summed E-state index contributed by atoms with van der Waals surface area (Å²) in [7, 11) is 1.47. The number of nitrogens with one attached hydrogen (secondary N) is 1. The fraction of sp³-hybridized carbons (Fsp3) is 0.304. The maximum atomic E-state index is 14.1. The second-order valence-corrected chi connectivity index (χ2v) is 7.10. The Kier molecular flexibility index (Phi) is 8.26. The Bertz CT molecular complexity index is 979. The van der Waals surface area contributed by atoms with Crippen molar-refractivity contribution in [1.29, 1.82) is 0 Å². The van der Waals surface area contributed by atoms with Crippen LogP contribution in [-0.4, -0.2) is 21.8 Å². The Morgan fingerprint density at radius 3 is 2.33 bits per heavy atom. The van der Waals surface area contributed by atoms with Crippen LogP contribution in [0.25, 0.3) is 11.1 Å². The summed E-state index contributed by atoms with van der Waals surface area (Å²) in [5, 5.41) is 6.75. The van der Waals surface area contributed by atoms with Crippen molar-refractivity contribution in [3.8, 4) is 11.1 Å². The molecule has 0 radical (unpaired) electrons. The van der Waals surface area contributed by atoms with Gasteiger partial charge in [0, 0.05) is 18.3 Å². The average Bonchev–Trinajstić information content (AvgIpc) is 3.00. The Hall–Kier alpha value is -3.03. The van der Waals surface area contributed by atoms with Gasteiger partial charge in [-0.2, -0.15) is 9.49 Å². The van der Waals surface area contributed by atoms with Gasteiger partial charge in [0.25, 0.3) is 5.91 Å². The number of amides is 1. The highest BCUT2D eigenvalue weighted by atomic mass is 19.1. The van der Waals surface area contributed by atoms with E-state index in [1.165, 1.54) is 7.05 Å². The van der Waals surface area contributed by atoms with Crippen molar-refractivity contribution in [2.24, 2.45) is 12.9 Å². The van der Waals surface area contributed by atoms with E-state index in [4.69, 9.17) is 5.90 Å². The molecule has 1 atom stereocenters. The van der Waals surface area contributed by atoms with Crippen LogP contribution in [0.4, 0.5) is 10.1 Å². The van der Waals surface area contributed by atoms with Gasteiger partial charge in [-0.25, -0.2) is 10.6 Å². The number of carbonyl (C=O) groups excluding carboxylic acids is 1. The first-order valence-corrected chi connectivity index (χ1v) is 9.80. The molecule has 0 spiro atoms. The number of carbonyl (C=O) groups is 1. The zero-order valence-corrected chi connectivity index (χ0v) is 18.1. The molecular weight excluding hydrogens is 383 g/mol. The summed E-state index contributed by atoms with van der Waals surface area (Å²) < 4.78 is 15.1. The Balaban J connectivity index is 0.000000469.